The summed E-state index contributed by atoms with van der Waals surface area (Å²) < 4.78 is 0. The van der Waals surface area contributed by atoms with E-state index < -0.39 is 5.97 Å². The van der Waals surface area contributed by atoms with Crippen LogP contribution >= 0.6 is 22.9 Å². The van der Waals surface area contributed by atoms with Gasteiger partial charge in [-0.3, -0.25) is 0 Å². The highest BCUT2D eigenvalue weighted by Crippen LogP contribution is 2.30. The predicted octanol–water partition coefficient (Wildman–Crippen LogP) is 4.08. The SMILES string of the molecule is Cc1cc(-c2ccc(Cl)cc2C(=O)O)cs1. The molecule has 0 saturated heterocycles. The van der Waals surface area contributed by atoms with Crippen molar-refractivity contribution in [3.63, 3.8) is 0 Å². The summed E-state index contributed by atoms with van der Waals surface area (Å²) >= 11 is 7.39. The number of aromatic carboxylic acids is 1. The summed E-state index contributed by atoms with van der Waals surface area (Å²) in [7, 11) is 0. The Morgan fingerprint density at radius 1 is 1.38 bits per heavy atom. The van der Waals surface area contributed by atoms with Gasteiger partial charge >= 0.3 is 5.97 Å². The van der Waals surface area contributed by atoms with Crippen molar-refractivity contribution in [1.82, 2.24) is 0 Å². The van der Waals surface area contributed by atoms with Crippen LogP contribution in [0.15, 0.2) is 29.6 Å². The minimum Gasteiger partial charge on any atom is -0.478 e. The summed E-state index contributed by atoms with van der Waals surface area (Å²) in [6, 6.07) is 6.90. The van der Waals surface area contributed by atoms with E-state index in [9.17, 15) is 4.79 Å². The monoisotopic (exact) mass is 252 g/mol. The van der Waals surface area contributed by atoms with Gasteiger partial charge in [-0.25, -0.2) is 4.79 Å². The molecule has 82 valence electrons. The van der Waals surface area contributed by atoms with Gasteiger partial charge in [0.25, 0.3) is 0 Å². The molecule has 16 heavy (non-hydrogen) atoms. The van der Waals surface area contributed by atoms with Crippen molar-refractivity contribution in [1.29, 1.82) is 0 Å². The van der Waals surface area contributed by atoms with Gasteiger partial charge in [0.15, 0.2) is 0 Å². The Hall–Kier alpha value is -1.32. The van der Waals surface area contributed by atoms with Crippen LogP contribution < -0.4 is 0 Å². The van der Waals surface area contributed by atoms with Crippen molar-refractivity contribution >= 4 is 28.9 Å². The average Bonchev–Trinajstić information content (AvgIpc) is 2.64. The maximum Gasteiger partial charge on any atom is 0.336 e. The van der Waals surface area contributed by atoms with E-state index in [-0.39, 0.29) is 5.56 Å². The number of carboxylic acids is 1. The number of hydrogen-bond acceptors (Lipinski definition) is 2. The number of carboxylic acid groups (broad SMARTS) is 1. The summed E-state index contributed by atoms with van der Waals surface area (Å²) in [5, 5.41) is 11.5. The molecular formula is C12H9ClO2S. The Bertz CT molecular complexity index is 546. The number of carbonyl (C=O) groups is 1. The highest BCUT2D eigenvalue weighted by molar-refractivity contribution is 7.10. The highest BCUT2D eigenvalue weighted by Gasteiger charge is 2.12. The van der Waals surface area contributed by atoms with Gasteiger partial charge in [-0.05, 0) is 41.6 Å². The molecule has 0 spiro atoms. The van der Waals surface area contributed by atoms with Gasteiger partial charge in [-0.1, -0.05) is 17.7 Å². The van der Waals surface area contributed by atoms with Crippen molar-refractivity contribution in [2.75, 3.05) is 0 Å². The molecule has 0 fully saturated rings. The molecule has 2 aromatic rings. The second kappa shape index (κ2) is 4.28. The molecular weight excluding hydrogens is 244 g/mol. The highest BCUT2D eigenvalue weighted by atomic mass is 35.5. The summed E-state index contributed by atoms with van der Waals surface area (Å²) in [6.07, 6.45) is 0. The number of halogens is 1. The van der Waals surface area contributed by atoms with Gasteiger partial charge in [0.1, 0.15) is 0 Å². The molecule has 0 unspecified atom stereocenters. The second-order valence-corrected chi connectivity index (χ2v) is 4.99. The molecule has 0 bridgehead atoms. The first-order valence-corrected chi connectivity index (χ1v) is 5.92. The lowest BCUT2D eigenvalue weighted by molar-refractivity contribution is 0.0697. The zero-order valence-electron chi connectivity index (χ0n) is 8.53. The zero-order valence-corrected chi connectivity index (χ0v) is 10.1. The third kappa shape index (κ3) is 2.10. The van der Waals surface area contributed by atoms with Crippen molar-refractivity contribution in [3.8, 4) is 11.1 Å². The van der Waals surface area contributed by atoms with Crippen LogP contribution in [0.2, 0.25) is 5.02 Å². The van der Waals surface area contributed by atoms with E-state index in [1.54, 1.807) is 23.5 Å². The van der Waals surface area contributed by atoms with Gasteiger partial charge in [0.2, 0.25) is 0 Å². The maximum atomic E-state index is 11.1. The van der Waals surface area contributed by atoms with Crippen LogP contribution in [0.3, 0.4) is 0 Å². The number of thiophene rings is 1. The molecule has 1 aromatic heterocycles. The van der Waals surface area contributed by atoms with Gasteiger partial charge in [0, 0.05) is 9.90 Å². The van der Waals surface area contributed by atoms with Crippen molar-refractivity contribution in [2.24, 2.45) is 0 Å². The second-order valence-electron chi connectivity index (χ2n) is 3.44. The van der Waals surface area contributed by atoms with E-state index in [1.165, 1.54) is 6.07 Å². The normalized spacial score (nSPS) is 10.4. The lowest BCUT2D eigenvalue weighted by Gasteiger charge is -2.04. The smallest absolute Gasteiger partial charge is 0.336 e. The van der Waals surface area contributed by atoms with E-state index in [0.29, 0.717) is 10.6 Å². The molecule has 0 atom stereocenters. The fourth-order valence-electron chi connectivity index (χ4n) is 1.53. The van der Waals surface area contributed by atoms with Crippen LogP contribution in [0, 0.1) is 6.92 Å². The maximum absolute atomic E-state index is 11.1. The van der Waals surface area contributed by atoms with E-state index in [0.717, 1.165) is 10.4 Å². The van der Waals surface area contributed by atoms with E-state index in [2.05, 4.69) is 0 Å². The first-order valence-electron chi connectivity index (χ1n) is 4.66. The third-order valence-corrected chi connectivity index (χ3v) is 3.35. The Labute approximate surface area is 102 Å². The minimum absolute atomic E-state index is 0.241. The minimum atomic E-state index is -0.957. The molecule has 1 N–H and O–H groups in total. The Morgan fingerprint density at radius 3 is 2.69 bits per heavy atom. The van der Waals surface area contributed by atoms with Crippen LogP contribution in [0.4, 0.5) is 0 Å². The lowest BCUT2D eigenvalue weighted by atomic mass is 10.0. The molecule has 0 aliphatic rings. The molecule has 0 aliphatic carbocycles. The van der Waals surface area contributed by atoms with Crippen LogP contribution in [0.25, 0.3) is 11.1 Å². The molecule has 0 radical (unpaired) electrons. The average molecular weight is 253 g/mol. The molecule has 2 rings (SSSR count). The van der Waals surface area contributed by atoms with Crippen molar-refractivity contribution in [3.05, 3.63) is 45.1 Å². The molecule has 1 aromatic carbocycles. The Balaban J connectivity index is 2.60. The molecule has 2 nitrogen and oxygen atoms in total. The van der Waals surface area contributed by atoms with Crippen LogP contribution in [-0.4, -0.2) is 11.1 Å². The van der Waals surface area contributed by atoms with Crippen LogP contribution in [0.1, 0.15) is 15.2 Å². The topological polar surface area (TPSA) is 37.3 Å². The number of aryl methyl sites for hydroxylation is 1. The summed E-state index contributed by atoms with van der Waals surface area (Å²) in [6.45, 7) is 1.99. The number of hydrogen-bond donors (Lipinski definition) is 1. The molecule has 0 amide bonds. The number of benzene rings is 1. The lowest BCUT2D eigenvalue weighted by Crippen LogP contribution is -1.98. The van der Waals surface area contributed by atoms with Gasteiger partial charge < -0.3 is 5.11 Å². The van der Waals surface area contributed by atoms with E-state index in [4.69, 9.17) is 16.7 Å². The number of rotatable bonds is 2. The summed E-state index contributed by atoms with van der Waals surface area (Å²) in [5.41, 5.74) is 1.88. The molecule has 0 saturated carbocycles. The molecule has 1 heterocycles. The summed E-state index contributed by atoms with van der Waals surface area (Å²) in [5.74, 6) is -0.957. The predicted molar refractivity (Wildman–Crippen MR) is 66.5 cm³/mol. The van der Waals surface area contributed by atoms with Crippen LogP contribution in [-0.2, 0) is 0 Å². The Kier molecular flexibility index (Phi) is 2.99. The first kappa shape index (κ1) is 11.2. The summed E-state index contributed by atoms with van der Waals surface area (Å²) in [4.78, 5) is 12.3. The molecule has 0 aliphatic heterocycles. The van der Waals surface area contributed by atoms with Crippen molar-refractivity contribution in [2.45, 2.75) is 6.92 Å². The fraction of sp³-hybridized carbons (Fsp3) is 0.0833. The Morgan fingerprint density at radius 2 is 2.12 bits per heavy atom. The van der Waals surface area contributed by atoms with Crippen LogP contribution in [0.5, 0.6) is 0 Å². The first-order chi connectivity index (χ1) is 7.58. The fourth-order valence-corrected chi connectivity index (χ4v) is 2.40. The quantitative estimate of drug-likeness (QED) is 0.875. The van der Waals surface area contributed by atoms with Gasteiger partial charge in [0.05, 0.1) is 5.56 Å². The van der Waals surface area contributed by atoms with E-state index in [1.807, 2.05) is 18.4 Å². The third-order valence-electron chi connectivity index (χ3n) is 2.25. The largest absolute Gasteiger partial charge is 0.478 e. The van der Waals surface area contributed by atoms with Gasteiger partial charge in [-0.15, -0.1) is 11.3 Å². The zero-order chi connectivity index (χ0) is 11.7. The standard InChI is InChI=1S/C12H9ClO2S/c1-7-4-8(6-16-7)10-3-2-9(13)5-11(10)12(14)15/h2-6H,1H3,(H,14,15). The van der Waals surface area contributed by atoms with Gasteiger partial charge in [-0.2, -0.15) is 0 Å². The van der Waals surface area contributed by atoms with Crippen molar-refractivity contribution < 1.29 is 9.90 Å². The van der Waals surface area contributed by atoms with E-state index >= 15 is 0 Å². The molecule has 4 heteroatoms.